The van der Waals surface area contributed by atoms with Crippen molar-refractivity contribution in [2.45, 2.75) is 13.3 Å². The summed E-state index contributed by atoms with van der Waals surface area (Å²) in [7, 11) is 0. The van der Waals surface area contributed by atoms with Crippen molar-refractivity contribution in [3.63, 3.8) is 0 Å². The lowest BCUT2D eigenvalue weighted by atomic mass is 10.1. The highest BCUT2D eigenvalue weighted by atomic mass is 16.4. The van der Waals surface area contributed by atoms with Crippen LogP contribution in [0.15, 0.2) is 41.8 Å². The lowest BCUT2D eigenvalue weighted by molar-refractivity contribution is 0.318. The molecule has 4 nitrogen and oxygen atoms in total. The summed E-state index contributed by atoms with van der Waals surface area (Å²) in [6, 6.07) is 7.85. The molecule has 0 aliphatic carbocycles. The van der Waals surface area contributed by atoms with Gasteiger partial charge in [-0.2, -0.15) is 0 Å². The molecule has 16 heavy (non-hydrogen) atoms. The van der Waals surface area contributed by atoms with Crippen molar-refractivity contribution in [3.8, 4) is 0 Å². The molecule has 82 valence electrons. The molecule has 0 fully saturated rings. The maximum absolute atomic E-state index is 8.99. The Balaban J connectivity index is 2.20. The zero-order valence-electron chi connectivity index (χ0n) is 9.01. The number of nitrogens with zero attached hydrogens (tertiary/aromatic N) is 2. The van der Waals surface area contributed by atoms with Crippen LogP contribution in [0.3, 0.4) is 0 Å². The summed E-state index contributed by atoms with van der Waals surface area (Å²) < 4.78 is 0. The number of H-pyrrole nitrogens is 1. The Kier molecular flexibility index (Phi) is 3.00. The first-order valence-electron chi connectivity index (χ1n) is 5.06. The monoisotopic (exact) mass is 215 g/mol. The Morgan fingerprint density at radius 3 is 2.69 bits per heavy atom. The van der Waals surface area contributed by atoms with E-state index in [0.29, 0.717) is 12.1 Å². The number of oxime groups is 1. The van der Waals surface area contributed by atoms with Crippen LogP contribution in [0.25, 0.3) is 0 Å². The summed E-state index contributed by atoms with van der Waals surface area (Å²) in [4.78, 5) is 7.08. The molecule has 0 aliphatic rings. The van der Waals surface area contributed by atoms with E-state index in [0.717, 1.165) is 11.4 Å². The summed E-state index contributed by atoms with van der Waals surface area (Å²) in [5.41, 5.74) is 2.69. The minimum atomic E-state index is 0.493. The summed E-state index contributed by atoms with van der Waals surface area (Å²) >= 11 is 0. The molecule has 0 bridgehead atoms. The first-order valence-corrected chi connectivity index (χ1v) is 5.06. The van der Waals surface area contributed by atoms with Gasteiger partial charge in [0.15, 0.2) is 0 Å². The minimum absolute atomic E-state index is 0.493. The van der Waals surface area contributed by atoms with Gasteiger partial charge in [0.1, 0.15) is 5.82 Å². The molecule has 0 spiro atoms. The predicted molar refractivity (Wildman–Crippen MR) is 61.8 cm³/mol. The van der Waals surface area contributed by atoms with Crippen molar-refractivity contribution in [1.29, 1.82) is 0 Å². The summed E-state index contributed by atoms with van der Waals surface area (Å²) in [6.45, 7) is 2.02. The van der Waals surface area contributed by atoms with Gasteiger partial charge < -0.3 is 10.2 Å². The van der Waals surface area contributed by atoms with E-state index in [2.05, 4.69) is 15.1 Å². The highest BCUT2D eigenvalue weighted by molar-refractivity contribution is 6.01. The molecule has 0 radical (unpaired) electrons. The molecule has 0 amide bonds. The lowest BCUT2D eigenvalue weighted by Gasteiger charge is -2.03. The van der Waals surface area contributed by atoms with Crippen LogP contribution >= 0.6 is 0 Å². The van der Waals surface area contributed by atoms with Gasteiger partial charge in [0, 0.05) is 12.4 Å². The van der Waals surface area contributed by atoms with Gasteiger partial charge >= 0.3 is 0 Å². The second-order valence-electron chi connectivity index (χ2n) is 3.63. The van der Waals surface area contributed by atoms with E-state index in [9.17, 15) is 0 Å². The lowest BCUT2D eigenvalue weighted by Crippen LogP contribution is -2.06. The fraction of sp³-hybridized carbons (Fsp3) is 0.167. The van der Waals surface area contributed by atoms with Gasteiger partial charge in [-0.05, 0) is 12.5 Å². The van der Waals surface area contributed by atoms with Gasteiger partial charge in [0.25, 0.3) is 0 Å². The van der Waals surface area contributed by atoms with E-state index >= 15 is 0 Å². The molecule has 2 rings (SSSR count). The molecular formula is C12H13N3O. The largest absolute Gasteiger partial charge is 0.411 e. The van der Waals surface area contributed by atoms with Crippen LogP contribution in [0.4, 0.5) is 0 Å². The number of rotatable bonds is 3. The fourth-order valence-corrected chi connectivity index (χ4v) is 1.49. The molecule has 2 N–H and O–H groups in total. The van der Waals surface area contributed by atoms with Crippen LogP contribution in [0.1, 0.15) is 17.0 Å². The SMILES string of the molecule is Cc1ccc(/C(Cc2ncc[nH]2)=N\O)cc1. The first-order chi connectivity index (χ1) is 7.79. The zero-order valence-corrected chi connectivity index (χ0v) is 9.01. The number of hydrogen-bond acceptors (Lipinski definition) is 3. The minimum Gasteiger partial charge on any atom is -0.411 e. The van der Waals surface area contributed by atoms with Crippen molar-refractivity contribution >= 4 is 5.71 Å². The van der Waals surface area contributed by atoms with E-state index in [-0.39, 0.29) is 0 Å². The Morgan fingerprint density at radius 1 is 1.38 bits per heavy atom. The van der Waals surface area contributed by atoms with Crippen LogP contribution in [0.5, 0.6) is 0 Å². The molecule has 1 aromatic heterocycles. The highest BCUT2D eigenvalue weighted by Crippen LogP contribution is 2.07. The number of imidazole rings is 1. The molecule has 0 aliphatic heterocycles. The topological polar surface area (TPSA) is 61.3 Å². The average molecular weight is 215 g/mol. The van der Waals surface area contributed by atoms with Crippen LogP contribution in [-0.4, -0.2) is 20.9 Å². The van der Waals surface area contributed by atoms with E-state index in [1.807, 2.05) is 31.2 Å². The van der Waals surface area contributed by atoms with Gasteiger partial charge in [-0.1, -0.05) is 35.0 Å². The van der Waals surface area contributed by atoms with Crippen LogP contribution < -0.4 is 0 Å². The van der Waals surface area contributed by atoms with E-state index in [4.69, 9.17) is 5.21 Å². The van der Waals surface area contributed by atoms with E-state index < -0.39 is 0 Å². The molecule has 0 unspecified atom stereocenters. The maximum atomic E-state index is 8.99. The number of aryl methyl sites for hydroxylation is 1. The third-order valence-corrected chi connectivity index (χ3v) is 2.40. The van der Waals surface area contributed by atoms with E-state index in [1.165, 1.54) is 5.56 Å². The van der Waals surface area contributed by atoms with Crippen LogP contribution in [0, 0.1) is 6.92 Å². The van der Waals surface area contributed by atoms with Gasteiger partial charge in [-0.15, -0.1) is 0 Å². The molecule has 0 saturated carbocycles. The summed E-state index contributed by atoms with van der Waals surface area (Å²) in [6.07, 6.45) is 3.92. The smallest absolute Gasteiger partial charge is 0.112 e. The van der Waals surface area contributed by atoms with Gasteiger partial charge in [0.2, 0.25) is 0 Å². The number of benzene rings is 1. The first kappa shape index (κ1) is 10.4. The Hall–Kier alpha value is -2.10. The van der Waals surface area contributed by atoms with Crippen molar-refractivity contribution in [2.75, 3.05) is 0 Å². The number of aromatic nitrogens is 2. The van der Waals surface area contributed by atoms with Crippen molar-refractivity contribution in [2.24, 2.45) is 5.16 Å². The highest BCUT2D eigenvalue weighted by Gasteiger charge is 2.06. The number of hydrogen-bond donors (Lipinski definition) is 2. The average Bonchev–Trinajstić information content (AvgIpc) is 2.80. The van der Waals surface area contributed by atoms with Crippen LogP contribution in [-0.2, 0) is 6.42 Å². The van der Waals surface area contributed by atoms with E-state index in [1.54, 1.807) is 12.4 Å². The molecule has 0 atom stereocenters. The standard InChI is InChI=1S/C12H13N3O/c1-9-2-4-10(5-3-9)11(15-16)8-12-13-6-7-14-12/h2-7,16H,8H2,1H3,(H,13,14)/b15-11-. The Bertz CT molecular complexity index is 471. The Labute approximate surface area is 93.7 Å². The zero-order chi connectivity index (χ0) is 11.4. The molecule has 0 saturated heterocycles. The molecule has 1 heterocycles. The van der Waals surface area contributed by atoms with Gasteiger partial charge in [-0.25, -0.2) is 4.98 Å². The van der Waals surface area contributed by atoms with Crippen LogP contribution in [0.2, 0.25) is 0 Å². The quantitative estimate of drug-likeness (QED) is 0.468. The van der Waals surface area contributed by atoms with Crippen molar-refractivity contribution < 1.29 is 5.21 Å². The fourth-order valence-electron chi connectivity index (χ4n) is 1.49. The van der Waals surface area contributed by atoms with Crippen molar-refractivity contribution in [3.05, 3.63) is 53.6 Å². The summed E-state index contributed by atoms with van der Waals surface area (Å²) in [5.74, 6) is 0.786. The third kappa shape index (κ3) is 2.28. The predicted octanol–water partition coefficient (Wildman–Crippen LogP) is 2.14. The maximum Gasteiger partial charge on any atom is 0.112 e. The molecular weight excluding hydrogens is 202 g/mol. The van der Waals surface area contributed by atoms with Gasteiger partial charge in [-0.3, -0.25) is 0 Å². The second kappa shape index (κ2) is 4.61. The Morgan fingerprint density at radius 2 is 2.12 bits per heavy atom. The number of nitrogens with one attached hydrogen (secondary N) is 1. The molecule has 2 aromatic rings. The van der Waals surface area contributed by atoms with Gasteiger partial charge in [0.05, 0.1) is 12.1 Å². The third-order valence-electron chi connectivity index (χ3n) is 2.40. The normalized spacial score (nSPS) is 11.7. The van der Waals surface area contributed by atoms with Crippen molar-refractivity contribution in [1.82, 2.24) is 9.97 Å². The summed E-state index contributed by atoms with van der Waals surface area (Å²) in [5, 5.41) is 12.3. The molecule has 1 aromatic carbocycles. The molecule has 4 heteroatoms. The number of aromatic amines is 1. The second-order valence-corrected chi connectivity index (χ2v) is 3.63.